The molecule has 0 saturated carbocycles. The van der Waals surface area contributed by atoms with Crippen LogP contribution < -0.4 is 5.73 Å². The van der Waals surface area contributed by atoms with Gasteiger partial charge in [0.1, 0.15) is 0 Å². The molecule has 0 aliphatic heterocycles. The zero-order valence-electron chi connectivity index (χ0n) is 8.08. The third-order valence-corrected chi connectivity index (χ3v) is 2.54. The monoisotopic (exact) mass is 188 g/mol. The van der Waals surface area contributed by atoms with Gasteiger partial charge < -0.3 is 5.73 Å². The minimum Gasteiger partial charge on any atom is -0.370 e. The van der Waals surface area contributed by atoms with Crippen molar-refractivity contribution in [3.63, 3.8) is 0 Å². The van der Waals surface area contributed by atoms with E-state index in [4.69, 9.17) is 5.73 Å². The molecule has 5 nitrogen and oxygen atoms in total. The summed E-state index contributed by atoms with van der Waals surface area (Å²) in [5.41, 5.74) is 3.98. The predicted octanol–water partition coefficient (Wildman–Crippen LogP) is 1.09. The van der Waals surface area contributed by atoms with Gasteiger partial charge in [0.05, 0.1) is 0 Å². The highest BCUT2D eigenvalue weighted by Crippen LogP contribution is 2.24. The smallest absolute Gasteiger partial charge is 0.222 e. The van der Waals surface area contributed by atoms with Crippen LogP contribution in [-0.4, -0.2) is 16.4 Å². The summed E-state index contributed by atoms with van der Waals surface area (Å²) in [4.78, 5) is 21.0. The van der Waals surface area contributed by atoms with E-state index in [2.05, 4.69) is 0 Å². The van der Waals surface area contributed by atoms with Crippen LogP contribution in [0.2, 0.25) is 0 Å². The van der Waals surface area contributed by atoms with Gasteiger partial charge in [0, 0.05) is 30.6 Å². The van der Waals surface area contributed by atoms with Crippen molar-refractivity contribution in [1.82, 2.24) is 0 Å². The molecule has 0 aromatic rings. The maximum Gasteiger partial charge on any atom is 0.222 e. The number of carbonyl (C=O) groups excluding carboxylic acids is 1. The molecule has 0 unspecified atom stereocenters. The summed E-state index contributed by atoms with van der Waals surface area (Å²) in [7, 11) is 0. The van der Waals surface area contributed by atoms with Crippen LogP contribution in [0, 0.1) is 10.1 Å². The molecule has 0 aromatic heterocycles. The summed E-state index contributed by atoms with van der Waals surface area (Å²) in [5.74, 6) is -0.479. The van der Waals surface area contributed by atoms with Gasteiger partial charge in [0.25, 0.3) is 0 Å². The molecule has 1 amide bonds. The number of rotatable bonds is 6. The fourth-order valence-electron chi connectivity index (χ4n) is 1.31. The van der Waals surface area contributed by atoms with Gasteiger partial charge in [-0.15, -0.1) is 0 Å². The van der Waals surface area contributed by atoms with Crippen LogP contribution in [0.3, 0.4) is 0 Å². The number of primary amides is 1. The predicted molar refractivity (Wildman–Crippen MR) is 48.7 cm³/mol. The molecular weight excluding hydrogens is 172 g/mol. The van der Waals surface area contributed by atoms with E-state index < -0.39 is 11.4 Å². The number of nitro groups is 1. The van der Waals surface area contributed by atoms with Crippen molar-refractivity contribution in [3.05, 3.63) is 10.1 Å². The van der Waals surface area contributed by atoms with Gasteiger partial charge in [-0.1, -0.05) is 13.8 Å². The van der Waals surface area contributed by atoms with Crippen molar-refractivity contribution in [2.75, 3.05) is 0 Å². The minimum atomic E-state index is -0.963. The van der Waals surface area contributed by atoms with Crippen LogP contribution >= 0.6 is 0 Å². The molecule has 5 heteroatoms. The highest BCUT2D eigenvalue weighted by Gasteiger charge is 2.38. The fourth-order valence-corrected chi connectivity index (χ4v) is 1.31. The quantitative estimate of drug-likeness (QED) is 0.500. The number of nitrogens with zero attached hydrogens (tertiary/aromatic N) is 1. The number of nitrogens with two attached hydrogens (primary N) is 1. The van der Waals surface area contributed by atoms with Gasteiger partial charge in [0.2, 0.25) is 11.4 Å². The Labute approximate surface area is 77.4 Å². The van der Waals surface area contributed by atoms with E-state index in [1.165, 1.54) is 0 Å². The van der Waals surface area contributed by atoms with E-state index >= 15 is 0 Å². The van der Waals surface area contributed by atoms with Crippen molar-refractivity contribution in [3.8, 4) is 0 Å². The van der Waals surface area contributed by atoms with Gasteiger partial charge in [-0.25, -0.2) is 0 Å². The zero-order valence-corrected chi connectivity index (χ0v) is 8.08. The molecule has 0 aliphatic carbocycles. The molecule has 0 saturated heterocycles. The lowest BCUT2D eigenvalue weighted by Gasteiger charge is -2.21. The van der Waals surface area contributed by atoms with Crippen LogP contribution in [0.25, 0.3) is 0 Å². The van der Waals surface area contributed by atoms with Crippen molar-refractivity contribution < 1.29 is 9.72 Å². The second kappa shape index (κ2) is 4.79. The maximum atomic E-state index is 10.7. The van der Waals surface area contributed by atoms with Crippen LogP contribution in [0.15, 0.2) is 0 Å². The lowest BCUT2D eigenvalue weighted by molar-refractivity contribution is -0.572. The third-order valence-electron chi connectivity index (χ3n) is 2.54. The molecule has 0 fully saturated rings. The second-order valence-electron chi connectivity index (χ2n) is 3.15. The summed E-state index contributed by atoms with van der Waals surface area (Å²) in [5, 5.41) is 10.7. The van der Waals surface area contributed by atoms with E-state index in [1.54, 1.807) is 13.8 Å². The van der Waals surface area contributed by atoms with Gasteiger partial charge in [-0.2, -0.15) is 0 Å². The molecule has 0 radical (unpaired) electrons. The molecular formula is C8H16N2O3. The Balaban J connectivity index is 4.39. The number of hydrogen-bond donors (Lipinski definition) is 1. The summed E-state index contributed by atoms with van der Waals surface area (Å²) in [6.45, 7) is 3.51. The molecule has 0 atom stereocenters. The van der Waals surface area contributed by atoms with Gasteiger partial charge in [-0.05, 0) is 0 Å². The van der Waals surface area contributed by atoms with Gasteiger partial charge in [-0.3, -0.25) is 14.9 Å². The van der Waals surface area contributed by atoms with E-state index in [1.807, 2.05) is 0 Å². The standard InChI is InChI=1S/C8H16N2O3/c1-3-8(4-2,10(12)13)6-5-7(9)11/h3-6H2,1-2H3,(H2,9,11). The molecule has 0 rings (SSSR count). The van der Waals surface area contributed by atoms with Crippen molar-refractivity contribution in [2.45, 2.75) is 45.1 Å². The molecule has 0 heterocycles. The second-order valence-corrected chi connectivity index (χ2v) is 3.15. The average molecular weight is 188 g/mol. The van der Waals surface area contributed by atoms with Crippen molar-refractivity contribution >= 4 is 5.91 Å². The lowest BCUT2D eigenvalue weighted by atomic mass is 9.88. The van der Waals surface area contributed by atoms with E-state index in [0.29, 0.717) is 12.8 Å². The number of carbonyl (C=O) groups is 1. The van der Waals surface area contributed by atoms with Crippen molar-refractivity contribution in [1.29, 1.82) is 0 Å². The number of hydrogen-bond acceptors (Lipinski definition) is 3. The average Bonchev–Trinajstić information content (AvgIpc) is 2.06. The van der Waals surface area contributed by atoms with Crippen molar-refractivity contribution in [2.24, 2.45) is 5.73 Å². The molecule has 0 spiro atoms. The largest absolute Gasteiger partial charge is 0.370 e. The number of amides is 1. The zero-order chi connectivity index (χ0) is 10.5. The van der Waals surface area contributed by atoms with E-state index in [-0.39, 0.29) is 17.8 Å². The Bertz CT molecular complexity index is 200. The molecule has 0 aromatic carbocycles. The molecule has 76 valence electrons. The molecule has 0 bridgehead atoms. The summed E-state index contributed by atoms with van der Waals surface area (Å²) in [6.07, 6.45) is 1.19. The topological polar surface area (TPSA) is 86.2 Å². The summed E-state index contributed by atoms with van der Waals surface area (Å²) in [6, 6.07) is 0. The molecule has 13 heavy (non-hydrogen) atoms. The summed E-state index contributed by atoms with van der Waals surface area (Å²) >= 11 is 0. The summed E-state index contributed by atoms with van der Waals surface area (Å²) < 4.78 is 0. The highest BCUT2D eigenvalue weighted by atomic mass is 16.6. The lowest BCUT2D eigenvalue weighted by Crippen LogP contribution is -2.38. The maximum absolute atomic E-state index is 10.7. The van der Waals surface area contributed by atoms with Crippen LogP contribution in [0.4, 0.5) is 0 Å². The van der Waals surface area contributed by atoms with E-state index in [0.717, 1.165) is 0 Å². The first-order valence-electron chi connectivity index (χ1n) is 4.41. The minimum absolute atomic E-state index is 0.0860. The Morgan fingerprint density at radius 3 is 2.15 bits per heavy atom. The Hall–Kier alpha value is -1.13. The Kier molecular flexibility index (Phi) is 4.37. The molecule has 2 N–H and O–H groups in total. The van der Waals surface area contributed by atoms with Gasteiger partial charge in [0.15, 0.2) is 0 Å². The Morgan fingerprint density at radius 1 is 1.46 bits per heavy atom. The first-order chi connectivity index (χ1) is 5.98. The SMILES string of the molecule is CCC(CC)(CCC(N)=O)[N+](=O)[O-]. The molecule has 0 aliphatic rings. The highest BCUT2D eigenvalue weighted by molar-refractivity contribution is 5.73. The van der Waals surface area contributed by atoms with E-state index in [9.17, 15) is 14.9 Å². The van der Waals surface area contributed by atoms with Crippen LogP contribution in [0.5, 0.6) is 0 Å². The Morgan fingerprint density at radius 2 is 1.92 bits per heavy atom. The van der Waals surface area contributed by atoms with Gasteiger partial charge >= 0.3 is 0 Å². The first kappa shape index (κ1) is 11.9. The third kappa shape index (κ3) is 3.01. The van der Waals surface area contributed by atoms with Crippen LogP contribution in [0.1, 0.15) is 39.5 Å². The fraction of sp³-hybridized carbons (Fsp3) is 0.875. The normalized spacial score (nSPS) is 11.2. The van der Waals surface area contributed by atoms with Crippen LogP contribution in [-0.2, 0) is 4.79 Å². The first-order valence-corrected chi connectivity index (χ1v) is 4.41.